The molecule has 0 spiro atoms. The van der Waals surface area contributed by atoms with Crippen molar-refractivity contribution >= 4 is 34.8 Å². The first-order valence-corrected chi connectivity index (χ1v) is 7.99. The number of hydrazine groups is 1. The van der Waals surface area contributed by atoms with Gasteiger partial charge in [-0.15, -0.1) is 11.8 Å². The number of para-hydroxylation sites is 1. The van der Waals surface area contributed by atoms with Crippen molar-refractivity contribution in [1.82, 2.24) is 5.01 Å². The van der Waals surface area contributed by atoms with Gasteiger partial charge in [0.15, 0.2) is 0 Å². The molecule has 1 aliphatic rings. The third kappa shape index (κ3) is 2.51. The van der Waals surface area contributed by atoms with E-state index in [0.717, 1.165) is 10.6 Å². The standard InChI is InChI=1S/C17H14N2O2S/c1-22-15-14(12-8-4-2-5-9-12)16(20)19(17(15)21)18-13-10-6-3-7-11-13/h2-11,18H,1H3. The normalized spacial score (nSPS) is 14.7. The molecule has 0 saturated heterocycles. The first kappa shape index (κ1) is 14.4. The molecular weight excluding hydrogens is 296 g/mol. The molecule has 0 unspecified atom stereocenters. The van der Waals surface area contributed by atoms with Crippen LogP contribution >= 0.6 is 11.8 Å². The minimum Gasteiger partial charge on any atom is -0.288 e. The molecule has 0 fully saturated rings. The van der Waals surface area contributed by atoms with Crippen molar-refractivity contribution in [3.8, 4) is 0 Å². The zero-order valence-corrected chi connectivity index (χ0v) is 12.8. The average Bonchev–Trinajstić information content (AvgIpc) is 2.80. The molecule has 0 aliphatic carbocycles. The van der Waals surface area contributed by atoms with Crippen LogP contribution in [0.3, 0.4) is 0 Å². The second-order valence-corrected chi connectivity index (χ2v) is 5.51. The van der Waals surface area contributed by atoms with Gasteiger partial charge in [-0.25, -0.2) is 0 Å². The first-order valence-electron chi connectivity index (χ1n) is 6.76. The quantitative estimate of drug-likeness (QED) is 0.881. The number of carbonyl (C=O) groups excluding carboxylic acids is 2. The minimum atomic E-state index is -0.329. The highest BCUT2D eigenvalue weighted by molar-refractivity contribution is 8.03. The summed E-state index contributed by atoms with van der Waals surface area (Å²) in [5, 5.41) is 1.07. The summed E-state index contributed by atoms with van der Waals surface area (Å²) in [5.41, 5.74) is 4.78. The zero-order chi connectivity index (χ0) is 15.5. The van der Waals surface area contributed by atoms with Crippen LogP contribution in [0.15, 0.2) is 65.6 Å². The van der Waals surface area contributed by atoms with Gasteiger partial charge in [-0.1, -0.05) is 48.5 Å². The van der Waals surface area contributed by atoms with E-state index >= 15 is 0 Å². The first-order chi connectivity index (χ1) is 10.7. The van der Waals surface area contributed by atoms with Crippen molar-refractivity contribution < 1.29 is 9.59 Å². The maximum atomic E-state index is 12.7. The highest BCUT2D eigenvalue weighted by atomic mass is 32.2. The number of thioether (sulfide) groups is 1. The van der Waals surface area contributed by atoms with Crippen LogP contribution < -0.4 is 5.43 Å². The Bertz CT molecular complexity index is 742. The lowest BCUT2D eigenvalue weighted by atomic mass is 10.1. The van der Waals surface area contributed by atoms with Crippen LogP contribution in [0.1, 0.15) is 5.56 Å². The Labute approximate surface area is 132 Å². The van der Waals surface area contributed by atoms with E-state index in [9.17, 15) is 9.59 Å². The molecule has 3 rings (SSSR count). The predicted molar refractivity (Wildman–Crippen MR) is 88.8 cm³/mol. The third-order valence-electron chi connectivity index (χ3n) is 3.32. The molecule has 0 saturated carbocycles. The van der Waals surface area contributed by atoms with Gasteiger partial charge in [0.25, 0.3) is 11.8 Å². The number of hydrogen-bond donors (Lipinski definition) is 1. The van der Waals surface area contributed by atoms with Crippen LogP contribution in [-0.4, -0.2) is 23.1 Å². The molecule has 1 aliphatic heterocycles. The van der Waals surface area contributed by atoms with E-state index < -0.39 is 0 Å². The van der Waals surface area contributed by atoms with E-state index in [1.165, 1.54) is 11.8 Å². The topological polar surface area (TPSA) is 49.4 Å². The van der Waals surface area contributed by atoms with Gasteiger partial charge in [-0.05, 0) is 24.0 Å². The molecule has 2 aromatic rings. The van der Waals surface area contributed by atoms with Gasteiger partial charge in [0.05, 0.1) is 16.2 Å². The Hall–Kier alpha value is -2.53. The number of imide groups is 1. The number of carbonyl (C=O) groups is 2. The van der Waals surface area contributed by atoms with Gasteiger partial charge in [-0.3, -0.25) is 15.0 Å². The molecule has 1 N–H and O–H groups in total. The second kappa shape index (κ2) is 6.07. The molecular formula is C17H14N2O2S. The number of hydrogen-bond acceptors (Lipinski definition) is 4. The van der Waals surface area contributed by atoms with Crippen LogP contribution in [0.5, 0.6) is 0 Å². The molecule has 0 radical (unpaired) electrons. The smallest absolute Gasteiger partial charge is 0.286 e. The van der Waals surface area contributed by atoms with Crippen molar-refractivity contribution in [1.29, 1.82) is 0 Å². The summed E-state index contributed by atoms with van der Waals surface area (Å²) >= 11 is 1.29. The SMILES string of the molecule is CSC1=C(c2ccccc2)C(=O)N(Nc2ccccc2)C1=O. The Morgan fingerprint density at radius 1 is 0.864 bits per heavy atom. The maximum Gasteiger partial charge on any atom is 0.286 e. The number of nitrogens with zero attached hydrogens (tertiary/aromatic N) is 1. The van der Waals surface area contributed by atoms with E-state index in [1.54, 1.807) is 18.4 Å². The Morgan fingerprint density at radius 2 is 1.45 bits per heavy atom. The van der Waals surface area contributed by atoms with E-state index in [2.05, 4.69) is 5.43 Å². The monoisotopic (exact) mass is 310 g/mol. The van der Waals surface area contributed by atoms with Crippen LogP contribution in [0, 0.1) is 0 Å². The summed E-state index contributed by atoms with van der Waals surface area (Å²) in [4.78, 5) is 25.6. The average molecular weight is 310 g/mol. The summed E-state index contributed by atoms with van der Waals surface area (Å²) in [6.07, 6.45) is 1.80. The maximum absolute atomic E-state index is 12.7. The fraction of sp³-hybridized carbons (Fsp3) is 0.0588. The molecule has 110 valence electrons. The largest absolute Gasteiger partial charge is 0.288 e. The van der Waals surface area contributed by atoms with Gasteiger partial charge in [0.2, 0.25) is 0 Å². The summed E-state index contributed by atoms with van der Waals surface area (Å²) in [6.45, 7) is 0. The number of amides is 2. The highest BCUT2D eigenvalue weighted by Gasteiger charge is 2.39. The summed E-state index contributed by atoms with van der Waals surface area (Å²) in [5.74, 6) is -0.649. The van der Waals surface area contributed by atoms with Crippen molar-refractivity contribution in [3.05, 3.63) is 71.1 Å². The highest BCUT2D eigenvalue weighted by Crippen LogP contribution is 2.34. The van der Waals surface area contributed by atoms with Crippen molar-refractivity contribution in [2.75, 3.05) is 11.7 Å². The van der Waals surface area contributed by atoms with E-state index in [-0.39, 0.29) is 11.8 Å². The fourth-order valence-corrected chi connectivity index (χ4v) is 2.98. The zero-order valence-electron chi connectivity index (χ0n) is 11.9. The number of benzene rings is 2. The molecule has 2 aromatic carbocycles. The predicted octanol–water partition coefficient (Wildman–Crippen LogP) is 3.16. The molecule has 0 atom stereocenters. The Kier molecular flexibility index (Phi) is 3.98. The van der Waals surface area contributed by atoms with E-state index in [0.29, 0.717) is 16.2 Å². The molecule has 0 bridgehead atoms. The lowest BCUT2D eigenvalue weighted by molar-refractivity contribution is -0.134. The van der Waals surface area contributed by atoms with Gasteiger partial charge >= 0.3 is 0 Å². The van der Waals surface area contributed by atoms with Crippen molar-refractivity contribution in [2.24, 2.45) is 0 Å². The van der Waals surface area contributed by atoms with Gasteiger partial charge in [0, 0.05) is 0 Å². The number of rotatable bonds is 4. The van der Waals surface area contributed by atoms with Gasteiger partial charge in [0.1, 0.15) is 0 Å². The Balaban J connectivity index is 1.96. The molecule has 1 heterocycles. The summed E-state index contributed by atoms with van der Waals surface area (Å²) in [6, 6.07) is 18.4. The third-order valence-corrected chi connectivity index (χ3v) is 4.11. The van der Waals surface area contributed by atoms with Crippen LogP contribution in [0.2, 0.25) is 0 Å². The van der Waals surface area contributed by atoms with E-state index in [4.69, 9.17) is 0 Å². The molecule has 0 aromatic heterocycles. The minimum absolute atomic E-state index is 0.319. The summed E-state index contributed by atoms with van der Waals surface area (Å²) in [7, 11) is 0. The van der Waals surface area contributed by atoms with Gasteiger partial charge < -0.3 is 0 Å². The van der Waals surface area contributed by atoms with Crippen LogP contribution in [0.4, 0.5) is 5.69 Å². The van der Waals surface area contributed by atoms with Gasteiger partial charge in [-0.2, -0.15) is 5.01 Å². The molecule has 5 heteroatoms. The fourth-order valence-electron chi connectivity index (χ4n) is 2.30. The van der Waals surface area contributed by atoms with Crippen molar-refractivity contribution in [2.45, 2.75) is 0 Å². The second-order valence-electron chi connectivity index (χ2n) is 4.70. The number of anilines is 1. The lowest BCUT2D eigenvalue weighted by Crippen LogP contribution is -2.36. The van der Waals surface area contributed by atoms with Crippen LogP contribution in [0.25, 0.3) is 5.57 Å². The van der Waals surface area contributed by atoms with Crippen molar-refractivity contribution in [3.63, 3.8) is 0 Å². The van der Waals surface area contributed by atoms with E-state index in [1.807, 2.05) is 48.5 Å². The number of nitrogens with one attached hydrogen (secondary N) is 1. The summed E-state index contributed by atoms with van der Waals surface area (Å²) < 4.78 is 0. The molecule has 22 heavy (non-hydrogen) atoms. The molecule has 4 nitrogen and oxygen atoms in total. The van der Waals surface area contributed by atoms with Crippen LogP contribution in [-0.2, 0) is 9.59 Å². The Morgan fingerprint density at radius 3 is 2.05 bits per heavy atom. The lowest BCUT2D eigenvalue weighted by Gasteiger charge is -2.17. The molecule has 2 amide bonds.